The quantitative estimate of drug-likeness (QED) is 0.221. The van der Waals surface area contributed by atoms with E-state index < -0.39 is 17.9 Å². The molecule has 0 aliphatic rings. The third kappa shape index (κ3) is 3.41. The van der Waals surface area contributed by atoms with E-state index in [0.717, 1.165) is 0 Å². The molecule has 0 radical (unpaired) electrons. The fourth-order valence-corrected chi connectivity index (χ4v) is 1.36. The van der Waals surface area contributed by atoms with Gasteiger partial charge in [0.15, 0.2) is 5.84 Å². The highest BCUT2D eigenvalue weighted by atomic mass is 16.5. The summed E-state index contributed by atoms with van der Waals surface area (Å²) in [6.45, 7) is 1.48. The zero-order valence-corrected chi connectivity index (χ0v) is 10.5. The highest BCUT2D eigenvalue weighted by molar-refractivity contribution is 6.08. The number of hydrogen-bond acceptors (Lipinski definition) is 6. The summed E-state index contributed by atoms with van der Waals surface area (Å²) >= 11 is 0. The van der Waals surface area contributed by atoms with E-state index in [4.69, 9.17) is 10.9 Å². The second kappa shape index (κ2) is 6.34. The van der Waals surface area contributed by atoms with E-state index in [1.165, 1.54) is 32.5 Å². The number of hydrogen-bond donors (Lipinski definition) is 3. The molecule has 0 unspecified atom stereocenters. The summed E-state index contributed by atoms with van der Waals surface area (Å²) in [7, 11) is 1.22. The number of nitrogens with two attached hydrogens (primary N) is 1. The Bertz CT molecular complexity index is 515. The third-order valence-corrected chi connectivity index (χ3v) is 2.35. The molecule has 1 amide bonds. The molecule has 0 bridgehead atoms. The molecule has 4 N–H and O–H groups in total. The maximum Gasteiger partial charge on any atom is 0.328 e. The van der Waals surface area contributed by atoms with Gasteiger partial charge in [-0.05, 0) is 13.0 Å². The monoisotopic (exact) mass is 266 g/mol. The van der Waals surface area contributed by atoms with Crippen LogP contribution in [0.5, 0.6) is 0 Å². The summed E-state index contributed by atoms with van der Waals surface area (Å²) in [6, 6.07) is 0.602. The minimum atomic E-state index is -0.821. The standard InChI is InChI=1S/C11H14N4O4/c1-6(11(17)19-2)14-10(16)8-5-13-4-3-7(8)9(12)15-18/h3-6,18H,1-2H3,(H2,12,15)(H,14,16)/t6-/m0/s1. The van der Waals surface area contributed by atoms with Crippen LogP contribution in [0.1, 0.15) is 22.8 Å². The van der Waals surface area contributed by atoms with Crippen LogP contribution in [0.4, 0.5) is 0 Å². The zero-order valence-electron chi connectivity index (χ0n) is 10.5. The van der Waals surface area contributed by atoms with Gasteiger partial charge in [0.05, 0.1) is 12.7 Å². The molecular formula is C11H14N4O4. The number of amidine groups is 1. The van der Waals surface area contributed by atoms with E-state index in [1.807, 2.05) is 0 Å². The topological polar surface area (TPSA) is 127 Å². The smallest absolute Gasteiger partial charge is 0.328 e. The first-order chi connectivity index (χ1) is 9.01. The molecular weight excluding hydrogens is 252 g/mol. The van der Waals surface area contributed by atoms with Crippen LogP contribution in [0.3, 0.4) is 0 Å². The molecule has 0 aromatic carbocycles. The predicted molar refractivity (Wildman–Crippen MR) is 65.7 cm³/mol. The fourth-order valence-electron chi connectivity index (χ4n) is 1.36. The number of esters is 1. The number of pyridine rings is 1. The number of carbonyl (C=O) groups excluding carboxylic acids is 2. The Kier molecular flexibility index (Phi) is 4.81. The van der Waals surface area contributed by atoms with E-state index in [0.29, 0.717) is 0 Å². The van der Waals surface area contributed by atoms with E-state index in [1.54, 1.807) is 0 Å². The van der Waals surface area contributed by atoms with Crippen LogP contribution < -0.4 is 11.1 Å². The first-order valence-electron chi connectivity index (χ1n) is 5.31. The van der Waals surface area contributed by atoms with Crippen LogP contribution in [0.25, 0.3) is 0 Å². The van der Waals surface area contributed by atoms with Gasteiger partial charge in [-0.1, -0.05) is 5.16 Å². The number of nitrogens with zero attached hydrogens (tertiary/aromatic N) is 2. The van der Waals surface area contributed by atoms with Crippen LogP contribution >= 0.6 is 0 Å². The Balaban J connectivity index is 2.98. The number of amides is 1. The average molecular weight is 266 g/mol. The summed E-state index contributed by atoms with van der Waals surface area (Å²) in [6.07, 6.45) is 2.65. The van der Waals surface area contributed by atoms with Crippen LogP contribution in [0, 0.1) is 0 Å². The van der Waals surface area contributed by atoms with Crippen molar-refractivity contribution in [1.82, 2.24) is 10.3 Å². The lowest BCUT2D eigenvalue weighted by molar-refractivity contribution is -0.142. The van der Waals surface area contributed by atoms with Gasteiger partial charge in [-0.15, -0.1) is 0 Å². The lowest BCUT2D eigenvalue weighted by Crippen LogP contribution is -2.40. The summed E-state index contributed by atoms with van der Waals surface area (Å²) < 4.78 is 4.49. The number of oxime groups is 1. The maximum atomic E-state index is 12.0. The molecule has 102 valence electrons. The second-order valence-electron chi connectivity index (χ2n) is 3.62. The molecule has 8 heteroatoms. The molecule has 0 aliphatic heterocycles. The molecule has 1 aromatic rings. The van der Waals surface area contributed by atoms with Crippen molar-refractivity contribution in [1.29, 1.82) is 0 Å². The van der Waals surface area contributed by atoms with Gasteiger partial charge in [0.25, 0.3) is 5.91 Å². The molecule has 0 saturated heterocycles. The number of aromatic nitrogens is 1. The molecule has 0 saturated carbocycles. The van der Waals surface area contributed by atoms with Crippen molar-refractivity contribution in [2.24, 2.45) is 10.9 Å². The summed E-state index contributed by atoms with van der Waals surface area (Å²) in [5, 5.41) is 13.9. The Morgan fingerprint density at radius 3 is 2.79 bits per heavy atom. The van der Waals surface area contributed by atoms with Crippen LogP contribution in [0.2, 0.25) is 0 Å². The van der Waals surface area contributed by atoms with Gasteiger partial charge < -0.3 is 21.0 Å². The lowest BCUT2D eigenvalue weighted by Gasteiger charge is -2.13. The summed E-state index contributed by atoms with van der Waals surface area (Å²) in [5.74, 6) is -1.38. The minimum Gasteiger partial charge on any atom is -0.467 e. The van der Waals surface area contributed by atoms with Crippen molar-refractivity contribution < 1.29 is 19.5 Å². The van der Waals surface area contributed by atoms with E-state index in [9.17, 15) is 9.59 Å². The number of ether oxygens (including phenoxy) is 1. The number of carbonyl (C=O) groups is 2. The van der Waals surface area contributed by atoms with Crippen LogP contribution in [0.15, 0.2) is 23.6 Å². The highest BCUT2D eigenvalue weighted by Crippen LogP contribution is 2.07. The molecule has 8 nitrogen and oxygen atoms in total. The molecule has 1 aromatic heterocycles. The van der Waals surface area contributed by atoms with Gasteiger partial charge in [0.2, 0.25) is 0 Å². The van der Waals surface area contributed by atoms with Crippen molar-refractivity contribution >= 4 is 17.7 Å². The van der Waals surface area contributed by atoms with E-state index >= 15 is 0 Å². The summed E-state index contributed by atoms with van der Waals surface area (Å²) in [5.41, 5.74) is 5.76. The summed E-state index contributed by atoms with van der Waals surface area (Å²) in [4.78, 5) is 27.0. The normalized spacial score (nSPS) is 12.6. The first-order valence-corrected chi connectivity index (χ1v) is 5.31. The Morgan fingerprint density at radius 2 is 2.21 bits per heavy atom. The molecule has 0 fully saturated rings. The SMILES string of the molecule is COC(=O)[C@H](C)NC(=O)c1cnccc1/C(N)=N/O. The number of nitrogens with one attached hydrogen (secondary N) is 1. The van der Waals surface area contributed by atoms with Gasteiger partial charge >= 0.3 is 5.97 Å². The molecule has 1 rings (SSSR count). The second-order valence-corrected chi connectivity index (χ2v) is 3.62. The van der Waals surface area contributed by atoms with Crippen LogP contribution in [-0.4, -0.2) is 41.1 Å². The predicted octanol–water partition coefficient (Wildman–Crippen LogP) is -0.533. The lowest BCUT2D eigenvalue weighted by atomic mass is 10.1. The molecule has 1 heterocycles. The van der Waals surface area contributed by atoms with Gasteiger partial charge in [-0.25, -0.2) is 4.79 Å². The van der Waals surface area contributed by atoms with Gasteiger partial charge in [-0.2, -0.15) is 0 Å². The van der Waals surface area contributed by atoms with Gasteiger partial charge in [0, 0.05) is 18.0 Å². The third-order valence-electron chi connectivity index (χ3n) is 2.35. The number of methoxy groups -OCH3 is 1. The Hall–Kier alpha value is -2.64. The number of rotatable bonds is 4. The Morgan fingerprint density at radius 1 is 1.53 bits per heavy atom. The van der Waals surface area contributed by atoms with Crippen molar-refractivity contribution in [3.63, 3.8) is 0 Å². The molecule has 1 atom stereocenters. The van der Waals surface area contributed by atoms with Gasteiger partial charge in [0.1, 0.15) is 6.04 Å². The van der Waals surface area contributed by atoms with Crippen molar-refractivity contribution in [3.05, 3.63) is 29.6 Å². The average Bonchev–Trinajstić information content (AvgIpc) is 2.45. The van der Waals surface area contributed by atoms with Gasteiger partial charge in [-0.3, -0.25) is 9.78 Å². The van der Waals surface area contributed by atoms with Crippen molar-refractivity contribution in [2.45, 2.75) is 13.0 Å². The zero-order chi connectivity index (χ0) is 14.4. The minimum absolute atomic E-state index is 0.0913. The molecule has 19 heavy (non-hydrogen) atoms. The van der Waals surface area contributed by atoms with Crippen molar-refractivity contribution in [3.8, 4) is 0 Å². The molecule has 0 aliphatic carbocycles. The van der Waals surface area contributed by atoms with E-state index in [-0.39, 0.29) is 17.0 Å². The maximum absolute atomic E-state index is 12.0. The first kappa shape index (κ1) is 14.4. The van der Waals surface area contributed by atoms with E-state index in [2.05, 4.69) is 20.2 Å². The fraction of sp³-hybridized carbons (Fsp3) is 0.273. The van der Waals surface area contributed by atoms with Crippen molar-refractivity contribution in [2.75, 3.05) is 7.11 Å². The largest absolute Gasteiger partial charge is 0.467 e. The Labute approximate surface area is 109 Å². The van der Waals surface area contributed by atoms with Crippen LogP contribution in [-0.2, 0) is 9.53 Å². The molecule has 0 spiro atoms. The highest BCUT2D eigenvalue weighted by Gasteiger charge is 2.20.